The van der Waals surface area contributed by atoms with Gasteiger partial charge in [0.05, 0.1) is 6.61 Å². The molecule has 0 radical (unpaired) electrons. The zero-order valence-corrected chi connectivity index (χ0v) is 23.2. The molecule has 0 aliphatic carbocycles. The van der Waals surface area contributed by atoms with Crippen LogP contribution >= 0.6 is 0 Å². The minimum absolute atomic E-state index is 0.257. The van der Waals surface area contributed by atoms with E-state index in [0.29, 0.717) is 30.8 Å². The Labute approximate surface area is 227 Å². The Bertz CT molecular complexity index is 1540. The summed E-state index contributed by atoms with van der Waals surface area (Å²) in [5, 5.41) is 13.6. The lowest BCUT2D eigenvalue weighted by atomic mass is 10.1. The lowest BCUT2D eigenvalue weighted by Crippen LogP contribution is -2.35. The first-order valence-corrected chi connectivity index (χ1v) is 12.7. The van der Waals surface area contributed by atoms with Crippen LogP contribution in [0.4, 0.5) is 9.18 Å². The molecule has 204 valence electrons. The van der Waals surface area contributed by atoms with Crippen LogP contribution < -0.4 is 4.74 Å². The highest BCUT2D eigenvalue weighted by molar-refractivity contribution is 5.71. The summed E-state index contributed by atoms with van der Waals surface area (Å²) in [6.45, 7) is 8.12. The third kappa shape index (κ3) is 6.37. The summed E-state index contributed by atoms with van der Waals surface area (Å²) in [6, 6.07) is 10.4. The second-order valence-electron chi connectivity index (χ2n) is 10.4. The van der Waals surface area contributed by atoms with E-state index in [2.05, 4.69) is 16.2 Å². The molecule has 3 heterocycles. The molecule has 1 amide bonds. The number of pyridine rings is 1. The van der Waals surface area contributed by atoms with Crippen LogP contribution in [0.1, 0.15) is 43.4 Å². The molecule has 3 aromatic heterocycles. The maximum Gasteiger partial charge on any atom is 0.410 e. The predicted octanol–water partition coefficient (Wildman–Crippen LogP) is 5.08. The smallest absolute Gasteiger partial charge is 0.410 e. The summed E-state index contributed by atoms with van der Waals surface area (Å²) in [5.74, 6) is -0.000624. The van der Waals surface area contributed by atoms with Crippen LogP contribution in [-0.2, 0) is 24.6 Å². The first-order valence-electron chi connectivity index (χ1n) is 12.7. The topological polar surface area (TPSA) is 97.7 Å². The van der Waals surface area contributed by atoms with E-state index in [0.717, 1.165) is 33.7 Å². The van der Waals surface area contributed by atoms with Gasteiger partial charge in [0.15, 0.2) is 5.69 Å². The summed E-state index contributed by atoms with van der Waals surface area (Å²) in [5.41, 5.74) is 4.75. The van der Waals surface area contributed by atoms with Gasteiger partial charge >= 0.3 is 6.09 Å². The number of amides is 1. The normalized spacial score (nSPS) is 11.4. The number of rotatable bonds is 8. The molecular weight excluding hydrogens is 499 g/mol. The van der Waals surface area contributed by atoms with Gasteiger partial charge in [-0.2, -0.15) is 10.4 Å². The highest BCUT2D eigenvalue weighted by Crippen LogP contribution is 2.32. The molecule has 4 rings (SSSR count). The summed E-state index contributed by atoms with van der Waals surface area (Å²) >= 11 is 0. The van der Waals surface area contributed by atoms with Crippen molar-refractivity contribution in [1.29, 1.82) is 5.26 Å². The molecule has 10 heteroatoms. The largest absolute Gasteiger partial charge is 0.492 e. The number of hydrogen-bond donors (Lipinski definition) is 0. The summed E-state index contributed by atoms with van der Waals surface area (Å²) in [7, 11) is 3.50. The number of aryl methyl sites for hydroxylation is 1. The van der Waals surface area contributed by atoms with E-state index in [4.69, 9.17) is 9.47 Å². The SMILES string of the molecule is Cc1c(CCOc2cc(F)ccc2-c2ccc3ncc(CCN(C)C(=O)OC(C)(C)C)n3c2)c(C#N)nn1C. The first kappa shape index (κ1) is 27.6. The van der Waals surface area contributed by atoms with Gasteiger partial charge in [0, 0.05) is 80.0 Å². The molecule has 0 N–H and O–H groups in total. The van der Waals surface area contributed by atoms with Crippen molar-refractivity contribution >= 4 is 11.7 Å². The van der Waals surface area contributed by atoms with Gasteiger partial charge in [-0.05, 0) is 52.0 Å². The fourth-order valence-electron chi connectivity index (χ4n) is 4.25. The average molecular weight is 533 g/mol. The summed E-state index contributed by atoms with van der Waals surface area (Å²) in [4.78, 5) is 18.4. The maximum absolute atomic E-state index is 14.2. The van der Waals surface area contributed by atoms with Crippen LogP contribution in [0.25, 0.3) is 16.8 Å². The molecule has 0 spiro atoms. The Morgan fingerprint density at radius 2 is 1.97 bits per heavy atom. The number of carbonyl (C=O) groups is 1. The molecule has 0 saturated carbocycles. The molecule has 9 nitrogen and oxygen atoms in total. The van der Waals surface area contributed by atoms with E-state index in [1.54, 1.807) is 35.9 Å². The molecular formula is C29H33FN6O3. The van der Waals surface area contributed by atoms with Crippen LogP contribution in [0.15, 0.2) is 42.7 Å². The lowest BCUT2D eigenvalue weighted by Gasteiger charge is -2.24. The Balaban J connectivity index is 1.53. The van der Waals surface area contributed by atoms with Crippen molar-refractivity contribution in [2.24, 2.45) is 7.05 Å². The quantitative estimate of drug-likeness (QED) is 0.314. The molecule has 0 bridgehead atoms. The number of carbonyl (C=O) groups excluding carboxylic acids is 1. The first-order chi connectivity index (χ1) is 18.5. The monoisotopic (exact) mass is 532 g/mol. The number of hydrogen-bond acceptors (Lipinski definition) is 6. The number of fused-ring (bicyclic) bond motifs is 1. The maximum atomic E-state index is 14.2. The third-order valence-electron chi connectivity index (χ3n) is 6.42. The minimum Gasteiger partial charge on any atom is -0.492 e. The van der Waals surface area contributed by atoms with Gasteiger partial charge in [0.1, 0.15) is 28.9 Å². The van der Waals surface area contributed by atoms with Gasteiger partial charge in [-0.15, -0.1) is 0 Å². The van der Waals surface area contributed by atoms with Gasteiger partial charge in [0.2, 0.25) is 0 Å². The standard InChI is InChI=1S/C29H33FN6O3/c1-19-23(25(16-31)33-35(19)6)12-14-38-26-15-21(30)8-9-24(26)20-7-10-27-32-17-22(36(27)18-20)11-13-34(5)28(37)39-29(2,3)4/h7-10,15,17-18H,11-14H2,1-6H3. The van der Waals surface area contributed by atoms with E-state index in [1.807, 2.05) is 50.4 Å². The van der Waals surface area contributed by atoms with Gasteiger partial charge < -0.3 is 18.8 Å². The Morgan fingerprint density at radius 1 is 1.21 bits per heavy atom. The number of likely N-dealkylation sites (N-methyl/N-ethyl adjacent to an activating group) is 1. The summed E-state index contributed by atoms with van der Waals surface area (Å²) < 4.78 is 29.3. The van der Waals surface area contributed by atoms with E-state index in [9.17, 15) is 14.4 Å². The Hall–Kier alpha value is -4.39. The highest BCUT2D eigenvalue weighted by Gasteiger charge is 2.20. The van der Waals surface area contributed by atoms with Crippen LogP contribution in [0.2, 0.25) is 0 Å². The minimum atomic E-state index is -0.562. The highest BCUT2D eigenvalue weighted by atomic mass is 19.1. The zero-order valence-electron chi connectivity index (χ0n) is 23.2. The molecule has 39 heavy (non-hydrogen) atoms. The van der Waals surface area contributed by atoms with Crippen molar-refractivity contribution in [3.05, 3.63) is 71.2 Å². The number of ether oxygens (including phenoxy) is 2. The number of halogens is 1. The molecule has 0 saturated heterocycles. The number of nitriles is 1. The van der Waals surface area contributed by atoms with Gasteiger partial charge in [-0.1, -0.05) is 0 Å². The van der Waals surface area contributed by atoms with Crippen molar-refractivity contribution in [1.82, 2.24) is 24.1 Å². The van der Waals surface area contributed by atoms with Crippen LogP contribution in [-0.4, -0.2) is 56.0 Å². The van der Waals surface area contributed by atoms with Crippen molar-refractivity contribution in [2.45, 2.75) is 46.1 Å². The van der Waals surface area contributed by atoms with Crippen molar-refractivity contribution in [3.63, 3.8) is 0 Å². The number of nitrogens with zero attached hydrogens (tertiary/aromatic N) is 6. The molecule has 0 aliphatic rings. The zero-order chi connectivity index (χ0) is 28.3. The molecule has 0 unspecified atom stereocenters. The Morgan fingerprint density at radius 3 is 2.69 bits per heavy atom. The molecule has 0 atom stereocenters. The van der Waals surface area contributed by atoms with E-state index in [1.165, 1.54) is 12.1 Å². The molecule has 0 fully saturated rings. The lowest BCUT2D eigenvalue weighted by molar-refractivity contribution is 0.0300. The van der Waals surface area contributed by atoms with Gasteiger partial charge in [-0.25, -0.2) is 14.2 Å². The van der Waals surface area contributed by atoms with Gasteiger partial charge in [-0.3, -0.25) is 4.68 Å². The van der Waals surface area contributed by atoms with Crippen LogP contribution in [0.5, 0.6) is 5.75 Å². The number of benzene rings is 1. The van der Waals surface area contributed by atoms with Crippen molar-refractivity contribution in [2.75, 3.05) is 20.2 Å². The fraction of sp³-hybridized carbons (Fsp3) is 0.379. The van der Waals surface area contributed by atoms with E-state index < -0.39 is 11.4 Å². The predicted molar refractivity (Wildman–Crippen MR) is 145 cm³/mol. The Kier molecular flexibility index (Phi) is 7.90. The van der Waals surface area contributed by atoms with Crippen LogP contribution in [0, 0.1) is 24.1 Å². The van der Waals surface area contributed by atoms with E-state index in [-0.39, 0.29) is 12.7 Å². The molecule has 4 aromatic rings. The number of imidazole rings is 1. The van der Waals surface area contributed by atoms with E-state index >= 15 is 0 Å². The van der Waals surface area contributed by atoms with Crippen molar-refractivity contribution in [3.8, 4) is 22.9 Å². The van der Waals surface area contributed by atoms with Crippen molar-refractivity contribution < 1.29 is 18.7 Å². The number of aromatic nitrogens is 4. The molecule has 1 aromatic carbocycles. The van der Waals surface area contributed by atoms with Gasteiger partial charge in [0.25, 0.3) is 0 Å². The van der Waals surface area contributed by atoms with Crippen LogP contribution in [0.3, 0.4) is 0 Å². The molecule has 0 aliphatic heterocycles. The second kappa shape index (κ2) is 11.2. The summed E-state index contributed by atoms with van der Waals surface area (Å²) in [6.07, 6.45) is 4.37. The fourth-order valence-corrected chi connectivity index (χ4v) is 4.25. The third-order valence-corrected chi connectivity index (χ3v) is 6.42. The second-order valence-corrected chi connectivity index (χ2v) is 10.4. The average Bonchev–Trinajstić information content (AvgIpc) is 3.41.